The molecule has 1 unspecified atom stereocenters. The Labute approximate surface area is 200 Å². The number of halogens is 6. The van der Waals surface area contributed by atoms with Crippen LogP contribution in [-0.4, -0.2) is 55.6 Å². The Balaban J connectivity index is 1.59. The second kappa shape index (κ2) is 9.08. The van der Waals surface area contributed by atoms with Crippen LogP contribution in [0.25, 0.3) is 11.3 Å². The number of hydrogen-bond donors (Lipinski definition) is 2. The summed E-state index contributed by atoms with van der Waals surface area (Å²) in [5.41, 5.74) is -2.59. The van der Waals surface area contributed by atoms with Crippen molar-refractivity contribution < 1.29 is 36.2 Å². The fourth-order valence-electron chi connectivity index (χ4n) is 3.79. The van der Waals surface area contributed by atoms with Crippen LogP contribution in [0.4, 0.5) is 37.7 Å². The summed E-state index contributed by atoms with van der Waals surface area (Å²) in [6, 6.07) is 5.19. The van der Waals surface area contributed by atoms with Crippen LogP contribution in [0.1, 0.15) is 29.5 Å². The van der Waals surface area contributed by atoms with Gasteiger partial charge in [0.1, 0.15) is 12.2 Å². The first-order valence-electron chi connectivity index (χ1n) is 10.6. The van der Waals surface area contributed by atoms with Gasteiger partial charge in [-0.15, -0.1) is 0 Å². The maximum Gasteiger partial charge on any atom is 0.435 e. The zero-order valence-electron chi connectivity index (χ0n) is 18.7. The minimum Gasteiger partial charge on any atom is -0.388 e. The first-order valence-corrected chi connectivity index (χ1v) is 10.6. The topological polar surface area (TPSA) is 96.2 Å². The highest BCUT2D eigenvalue weighted by Gasteiger charge is 2.38. The van der Waals surface area contributed by atoms with E-state index in [-0.39, 0.29) is 29.2 Å². The minimum atomic E-state index is -4.86. The van der Waals surface area contributed by atoms with Crippen molar-refractivity contribution in [1.29, 1.82) is 0 Å². The first-order chi connectivity index (χ1) is 16.7. The van der Waals surface area contributed by atoms with E-state index in [1.54, 1.807) is 11.8 Å². The van der Waals surface area contributed by atoms with E-state index in [4.69, 9.17) is 0 Å². The Morgan fingerprint density at radius 2 is 1.94 bits per heavy atom. The van der Waals surface area contributed by atoms with Gasteiger partial charge in [-0.25, -0.2) is 9.97 Å². The summed E-state index contributed by atoms with van der Waals surface area (Å²) in [5.74, 6) is -0.975. The molecule has 1 amide bonds. The van der Waals surface area contributed by atoms with Gasteiger partial charge in [-0.2, -0.15) is 31.4 Å². The van der Waals surface area contributed by atoms with Crippen molar-refractivity contribution in [2.24, 2.45) is 0 Å². The molecule has 1 fully saturated rings. The molecule has 3 aromatic heterocycles. The minimum absolute atomic E-state index is 0.110. The van der Waals surface area contributed by atoms with Crippen molar-refractivity contribution in [3.8, 4) is 11.3 Å². The average Bonchev–Trinajstić information content (AvgIpc) is 3.37. The Bertz CT molecular complexity index is 1270. The van der Waals surface area contributed by atoms with Crippen molar-refractivity contribution in [1.82, 2.24) is 19.7 Å². The molecule has 4 heterocycles. The van der Waals surface area contributed by atoms with Crippen LogP contribution >= 0.6 is 0 Å². The van der Waals surface area contributed by atoms with Crippen LogP contribution in [0.2, 0.25) is 0 Å². The molecule has 0 aliphatic carbocycles. The molecule has 14 heteroatoms. The number of pyridine rings is 2. The summed E-state index contributed by atoms with van der Waals surface area (Å²) in [4.78, 5) is 22.0. The van der Waals surface area contributed by atoms with E-state index in [2.05, 4.69) is 20.4 Å². The average molecular weight is 514 g/mol. The molecule has 1 aliphatic heterocycles. The first kappa shape index (κ1) is 25.4. The van der Waals surface area contributed by atoms with Gasteiger partial charge in [-0.1, -0.05) is 6.07 Å². The van der Waals surface area contributed by atoms with E-state index < -0.39 is 41.8 Å². The number of aromatic nitrogens is 4. The number of β-amino-alcohol motifs (C(OH)–C–C–N with tert-alkyl or cyclic N) is 1. The molecule has 36 heavy (non-hydrogen) atoms. The van der Waals surface area contributed by atoms with Gasteiger partial charge in [-0.3, -0.25) is 9.48 Å². The van der Waals surface area contributed by atoms with Gasteiger partial charge in [0.15, 0.2) is 5.69 Å². The third kappa shape index (κ3) is 5.93. The van der Waals surface area contributed by atoms with Crippen molar-refractivity contribution in [3.05, 3.63) is 54.2 Å². The zero-order valence-corrected chi connectivity index (χ0v) is 18.7. The van der Waals surface area contributed by atoms with Gasteiger partial charge in [-0.05, 0) is 31.5 Å². The molecule has 3 aromatic rings. The SMILES string of the molecule is CC1(O)CCN(c2cnc(C(F)(F)F)c(NC(=O)c3cccc(-c4cnn(CC(F)(F)F)c4)n3)c2)C1. The Morgan fingerprint density at radius 1 is 1.19 bits per heavy atom. The van der Waals surface area contributed by atoms with Gasteiger partial charge in [0.2, 0.25) is 0 Å². The standard InChI is InChI=1S/C22H20F6N6O2/c1-20(36)5-6-33(11-20)14-7-17(18(29-9-14)22(26,27)28)32-19(35)16-4-2-3-15(31-16)13-8-30-34(10-13)12-21(23,24)25/h2-4,7-10,36H,5-6,11-12H2,1H3,(H,32,35). The van der Waals surface area contributed by atoms with E-state index >= 15 is 0 Å². The Morgan fingerprint density at radius 3 is 2.58 bits per heavy atom. The zero-order chi connectivity index (χ0) is 26.3. The number of amides is 1. The van der Waals surface area contributed by atoms with Gasteiger partial charge < -0.3 is 15.3 Å². The van der Waals surface area contributed by atoms with E-state index in [1.807, 2.05) is 0 Å². The van der Waals surface area contributed by atoms with Crippen molar-refractivity contribution in [3.63, 3.8) is 0 Å². The Hall–Kier alpha value is -3.68. The highest BCUT2D eigenvalue weighted by molar-refractivity contribution is 6.03. The molecule has 192 valence electrons. The van der Waals surface area contributed by atoms with Crippen LogP contribution in [0.5, 0.6) is 0 Å². The molecule has 2 N–H and O–H groups in total. The van der Waals surface area contributed by atoms with Gasteiger partial charge in [0, 0.05) is 24.8 Å². The van der Waals surface area contributed by atoms with Crippen LogP contribution in [-0.2, 0) is 12.7 Å². The van der Waals surface area contributed by atoms with E-state index in [0.717, 1.165) is 24.7 Å². The highest BCUT2D eigenvalue weighted by atomic mass is 19.4. The summed E-state index contributed by atoms with van der Waals surface area (Å²) < 4.78 is 79.1. The molecule has 0 aromatic carbocycles. The van der Waals surface area contributed by atoms with Crippen LogP contribution in [0.15, 0.2) is 42.9 Å². The molecule has 0 radical (unpaired) electrons. The Kier molecular flexibility index (Phi) is 6.41. The lowest BCUT2D eigenvalue weighted by Gasteiger charge is -2.22. The highest BCUT2D eigenvalue weighted by Crippen LogP contribution is 2.36. The fraction of sp³-hybridized carbons (Fsp3) is 0.364. The maximum atomic E-state index is 13.6. The van der Waals surface area contributed by atoms with E-state index in [9.17, 15) is 36.2 Å². The summed E-state index contributed by atoms with van der Waals surface area (Å²) in [7, 11) is 0. The number of rotatable bonds is 5. The van der Waals surface area contributed by atoms with E-state index in [0.29, 0.717) is 17.6 Å². The number of alkyl halides is 6. The largest absolute Gasteiger partial charge is 0.435 e. The predicted octanol–water partition coefficient (Wildman–Crippen LogP) is 4.13. The second-order valence-electron chi connectivity index (χ2n) is 8.66. The van der Waals surface area contributed by atoms with Gasteiger partial charge >= 0.3 is 12.4 Å². The molecule has 1 atom stereocenters. The number of carbonyl (C=O) groups excluding carboxylic acids is 1. The summed E-state index contributed by atoms with van der Waals surface area (Å²) >= 11 is 0. The second-order valence-corrected chi connectivity index (χ2v) is 8.66. The van der Waals surface area contributed by atoms with Crippen molar-refractivity contribution in [2.45, 2.75) is 37.8 Å². The van der Waals surface area contributed by atoms with E-state index in [1.165, 1.54) is 18.2 Å². The lowest BCUT2D eigenvalue weighted by Crippen LogP contribution is -2.30. The summed E-state index contributed by atoms with van der Waals surface area (Å²) in [6.07, 6.45) is -5.68. The maximum absolute atomic E-state index is 13.6. The molecule has 0 spiro atoms. The third-order valence-corrected chi connectivity index (χ3v) is 5.46. The number of nitrogens with one attached hydrogen (secondary N) is 1. The van der Waals surface area contributed by atoms with Crippen molar-refractivity contribution >= 4 is 17.3 Å². The number of hydrogen-bond acceptors (Lipinski definition) is 6. The lowest BCUT2D eigenvalue weighted by molar-refractivity contribution is -0.142. The summed E-state index contributed by atoms with van der Waals surface area (Å²) in [5, 5.41) is 16.0. The quantitative estimate of drug-likeness (QED) is 0.497. The summed E-state index contributed by atoms with van der Waals surface area (Å²) in [6.45, 7) is 0.861. The smallest absolute Gasteiger partial charge is 0.388 e. The third-order valence-electron chi connectivity index (χ3n) is 5.46. The molecule has 4 rings (SSSR count). The van der Waals surface area contributed by atoms with Crippen LogP contribution in [0.3, 0.4) is 0 Å². The van der Waals surface area contributed by atoms with Crippen LogP contribution < -0.4 is 10.2 Å². The monoisotopic (exact) mass is 514 g/mol. The molecule has 0 bridgehead atoms. The predicted molar refractivity (Wildman–Crippen MR) is 116 cm³/mol. The lowest BCUT2D eigenvalue weighted by atomic mass is 10.1. The normalized spacial score (nSPS) is 18.5. The molecular weight excluding hydrogens is 494 g/mol. The molecule has 1 saturated heterocycles. The number of aliphatic hydroxyl groups is 1. The molecule has 1 aliphatic rings. The number of anilines is 2. The number of nitrogens with zero attached hydrogens (tertiary/aromatic N) is 5. The van der Waals surface area contributed by atoms with Gasteiger partial charge in [0.05, 0.1) is 35.1 Å². The van der Waals surface area contributed by atoms with Gasteiger partial charge in [0.25, 0.3) is 5.91 Å². The molecular formula is C22H20F6N6O2. The molecule has 0 saturated carbocycles. The fourth-order valence-corrected chi connectivity index (χ4v) is 3.79. The van der Waals surface area contributed by atoms with Crippen LogP contribution in [0, 0.1) is 0 Å². The molecule has 8 nitrogen and oxygen atoms in total. The number of carbonyl (C=O) groups is 1. The van der Waals surface area contributed by atoms with Crippen molar-refractivity contribution in [2.75, 3.05) is 23.3 Å².